The van der Waals surface area contributed by atoms with E-state index in [0.29, 0.717) is 6.54 Å². The Kier molecular flexibility index (Phi) is 4.59. The standard InChI is InChI=1S/C15H16FNO3S/c1-21(19,20)13-6-7-14(16)15(8-13)17-9-11-2-4-12(10-18)5-3-11/h2-8,17-18H,9-10H2,1H3. The lowest BCUT2D eigenvalue weighted by Gasteiger charge is -2.09. The van der Waals surface area contributed by atoms with Crippen LogP contribution in [-0.2, 0) is 23.0 Å². The van der Waals surface area contributed by atoms with E-state index in [1.165, 1.54) is 12.1 Å². The van der Waals surface area contributed by atoms with Crippen molar-refractivity contribution in [1.82, 2.24) is 0 Å². The van der Waals surface area contributed by atoms with Gasteiger partial charge in [0.25, 0.3) is 0 Å². The summed E-state index contributed by atoms with van der Waals surface area (Å²) in [6.45, 7) is 0.328. The van der Waals surface area contributed by atoms with E-state index in [1.54, 1.807) is 12.1 Å². The molecular weight excluding hydrogens is 293 g/mol. The summed E-state index contributed by atoms with van der Waals surface area (Å²) in [6.07, 6.45) is 1.08. The third-order valence-electron chi connectivity index (χ3n) is 3.05. The first-order chi connectivity index (χ1) is 9.90. The van der Waals surface area contributed by atoms with Crippen LogP contribution in [0.1, 0.15) is 11.1 Å². The topological polar surface area (TPSA) is 66.4 Å². The van der Waals surface area contributed by atoms with Gasteiger partial charge in [0, 0.05) is 12.8 Å². The SMILES string of the molecule is CS(=O)(=O)c1ccc(F)c(NCc2ccc(CO)cc2)c1. The summed E-state index contributed by atoms with van der Waals surface area (Å²) in [5.41, 5.74) is 1.84. The minimum atomic E-state index is -3.37. The third-order valence-corrected chi connectivity index (χ3v) is 4.16. The molecule has 0 saturated heterocycles. The van der Waals surface area contributed by atoms with Crippen LogP contribution in [-0.4, -0.2) is 19.8 Å². The Labute approximate surface area is 123 Å². The van der Waals surface area contributed by atoms with Crippen molar-refractivity contribution in [2.24, 2.45) is 0 Å². The van der Waals surface area contributed by atoms with Crippen LogP contribution in [0, 0.1) is 5.82 Å². The molecule has 21 heavy (non-hydrogen) atoms. The van der Waals surface area contributed by atoms with Gasteiger partial charge in [0.05, 0.1) is 17.2 Å². The van der Waals surface area contributed by atoms with Gasteiger partial charge in [0.15, 0.2) is 9.84 Å². The first-order valence-electron chi connectivity index (χ1n) is 6.32. The Balaban J connectivity index is 2.15. The van der Waals surface area contributed by atoms with Gasteiger partial charge in [-0.05, 0) is 29.3 Å². The highest BCUT2D eigenvalue weighted by molar-refractivity contribution is 7.90. The van der Waals surface area contributed by atoms with Crippen molar-refractivity contribution in [3.8, 4) is 0 Å². The predicted octanol–water partition coefficient (Wildman–Crippen LogP) is 2.33. The van der Waals surface area contributed by atoms with Gasteiger partial charge in [-0.1, -0.05) is 24.3 Å². The number of benzene rings is 2. The minimum Gasteiger partial charge on any atom is -0.392 e. The molecule has 2 N–H and O–H groups in total. The average molecular weight is 309 g/mol. The van der Waals surface area contributed by atoms with Crippen LogP contribution in [0.5, 0.6) is 0 Å². The van der Waals surface area contributed by atoms with Crippen molar-refractivity contribution in [3.63, 3.8) is 0 Å². The van der Waals surface area contributed by atoms with E-state index < -0.39 is 15.7 Å². The van der Waals surface area contributed by atoms with Crippen molar-refractivity contribution < 1.29 is 17.9 Å². The molecular formula is C15H16FNO3S. The van der Waals surface area contributed by atoms with Crippen molar-refractivity contribution >= 4 is 15.5 Å². The lowest BCUT2D eigenvalue weighted by atomic mass is 10.1. The molecule has 4 nitrogen and oxygen atoms in total. The molecule has 0 fully saturated rings. The number of aliphatic hydroxyl groups is 1. The zero-order valence-corrected chi connectivity index (χ0v) is 12.3. The fourth-order valence-corrected chi connectivity index (χ4v) is 2.48. The summed E-state index contributed by atoms with van der Waals surface area (Å²) in [7, 11) is -3.37. The molecule has 2 aromatic rings. The highest BCUT2D eigenvalue weighted by atomic mass is 32.2. The quantitative estimate of drug-likeness (QED) is 0.832. The highest BCUT2D eigenvalue weighted by Crippen LogP contribution is 2.20. The fraction of sp³-hybridized carbons (Fsp3) is 0.200. The second-order valence-electron chi connectivity index (χ2n) is 4.74. The molecule has 0 unspecified atom stereocenters. The zero-order chi connectivity index (χ0) is 15.5. The van der Waals surface area contributed by atoms with Gasteiger partial charge in [-0.15, -0.1) is 0 Å². The Bertz CT molecular complexity index is 727. The minimum absolute atomic E-state index is 0.0290. The molecule has 2 rings (SSSR count). The molecule has 0 amide bonds. The summed E-state index contributed by atoms with van der Waals surface area (Å²) >= 11 is 0. The van der Waals surface area contributed by atoms with Gasteiger partial charge in [-0.25, -0.2) is 12.8 Å². The van der Waals surface area contributed by atoms with Gasteiger partial charge >= 0.3 is 0 Å². The first-order valence-corrected chi connectivity index (χ1v) is 8.21. The van der Waals surface area contributed by atoms with Crippen LogP contribution >= 0.6 is 0 Å². The highest BCUT2D eigenvalue weighted by Gasteiger charge is 2.10. The normalized spacial score (nSPS) is 11.4. The Morgan fingerprint density at radius 1 is 1.10 bits per heavy atom. The van der Waals surface area contributed by atoms with Gasteiger partial charge < -0.3 is 10.4 Å². The molecule has 0 radical (unpaired) electrons. The Morgan fingerprint density at radius 2 is 1.71 bits per heavy atom. The molecule has 112 valence electrons. The molecule has 0 saturated carbocycles. The zero-order valence-electron chi connectivity index (χ0n) is 11.5. The summed E-state index contributed by atoms with van der Waals surface area (Å²) < 4.78 is 36.6. The second kappa shape index (κ2) is 6.24. The summed E-state index contributed by atoms with van der Waals surface area (Å²) in [6, 6.07) is 10.8. The second-order valence-corrected chi connectivity index (χ2v) is 6.76. The summed E-state index contributed by atoms with van der Waals surface area (Å²) in [5, 5.41) is 11.8. The molecule has 0 spiro atoms. The van der Waals surface area contributed by atoms with Crippen LogP contribution in [0.3, 0.4) is 0 Å². The largest absolute Gasteiger partial charge is 0.392 e. The number of hydrogen-bond acceptors (Lipinski definition) is 4. The number of nitrogens with one attached hydrogen (secondary N) is 1. The Hall–Kier alpha value is -1.92. The maximum atomic E-state index is 13.7. The van der Waals surface area contributed by atoms with E-state index >= 15 is 0 Å². The molecule has 0 bridgehead atoms. The maximum Gasteiger partial charge on any atom is 0.175 e. The van der Waals surface area contributed by atoms with E-state index in [-0.39, 0.29) is 17.2 Å². The molecule has 0 aliphatic rings. The van der Waals surface area contributed by atoms with Crippen LogP contribution in [0.15, 0.2) is 47.4 Å². The lowest BCUT2D eigenvalue weighted by Crippen LogP contribution is -2.04. The monoisotopic (exact) mass is 309 g/mol. The van der Waals surface area contributed by atoms with E-state index in [9.17, 15) is 12.8 Å². The Morgan fingerprint density at radius 3 is 2.29 bits per heavy atom. The van der Waals surface area contributed by atoms with E-state index in [0.717, 1.165) is 23.4 Å². The van der Waals surface area contributed by atoms with E-state index in [2.05, 4.69) is 5.32 Å². The average Bonchev–Trinajstić information content (AvgIpc) is 2.45. The van der Waals surface area contributed by atoms with Gasteiger partial charge in [0.1, 0.15) is 5.82 Å². The van der Waals surface area contributed by atoms with E-state index in [4.69, 9.17) is 5.11 Å². The number of anilines is 1. The number of halogens is 1. The number of sulfone groups is 1. The van der Waals surface area contributed by atoms with Crippen molar-refractivity contribution in [2.75, 3.05) is 11.6 Å². The molecule has 6 heteroatoms. The molecule has 0 aromatic heterocycles. The van der Waals surface area contributed by atoms with E-state index in [1.807, 2.05) is 12.1 Å². The lowest BCUT2D eigenvalue weighted by molar-refractivity contribution is 0.282. The molecule has 2 aromatic carbocycles. The molecule has 0 heterocycles. The van der Waals surface area contributed by atoms with Crippen LogP contribution in [0.25, 0.3) is 0 Å². The van der Waals surface area contributed by atoms with Gasteiger partial charge in [0.2, 0.25) is 0 Å². The molecule has 0 atom stereocenters. The van der Waals surface area contributed by atoms with Crippen molar-refractivity contribution in [2.45, 2.75) is 18.0 Å². The van der Waals surface area contributed by atoms with Crippen LogP contribution in [0.4, 0.5) is 10.1 Å². The number of aliphatic hydroxyl groups excluding tert-OH is 1. The van der Waals surface area contributed by atoms with Gasteiger partial charge in [-0.3, -0.25) is 0 Å². The third kappa shape index (κ3) is 4.03. The molecule has 0 aliphatic heterocycles. The maximum absolute atomic E-state index is 13.7. The predicted molar refractivity (Wildman–Crippen MR) is 79.2 cm³/mol. The summed E-state index contributed by atoms with van der Waals surface area (Å²) in [5.74, 6) is -0.505. The first kappa shape index (κ1) is 15.5. The van der Waals surface area contributed by atoms with Crippen molar-refractivity contribution in [3.05, 3.63) is 59.4 Å². The fourth-order valence-electron chi connectivity index (χ4n) is 1.83. The van der Waals surface area contributed by atoms with Gasteiger partial charge in [-0.2, -0.15) is 0 Å². The van der Waals surface area contributed by atoms with Crippen LogP contribution < -0.4 is 5.32 Å². The van der Waals surface area contributed by atoms with Crippen LogP contribution in [0.2, 0.25) is 0 Å². The smallest absolute Gasteiger partial charge is 0.175 e. The number of rotatable bonds is 5. The number of hydrogen-bond donors (Lipinski definition) is 2. The van der Waals surface area contributed by atoms with Crippen molar-refractivity contribution in [1.29, 1.82) is 0 Å². The summed E-state index contributed by atoms with van der Waals surface area (Å²) in [4.78, 5) is 0.0713. The molecule has 0 aliphatic carbocycles.